The maximum absolute atomic E-state index is 5.88. The van der Waals surface area contributed by atoms with Crippen molar-refractivity contribution in [3.8, 4) is 17.2 Å². The largest absolute Gasteiger partial charge is 0.491 e. The molecule has 1 heterocycles. The number of ether oxygens (including phenoxy) is 3. The predicted octanol–water partition coefficient (Wildman–Crippen LogP) is 2.73. The zero-order valence-corrected chi connectivity index (χ0v) is 8.28. The average Bonchev–Trinajstić information content (AvgIpc) is 2.54. The molecule has 0 aliphatic carbocycles. The molecule has 0 bridgehead atoms. The van der Waals surface area contributed by atoms with Crippen LogP contribution in [-0.2, 0) is 0 Å². The van der Waals surface area contributed by atoms with Crippen molar-refractivity contribution in [2.45, 2.75) is 0 Å². The van der Waals surface area contributed by atoms with Crippen LogP contribution >= 0.6 is 23.2 Å². The first kappa shape index (κ1) is 8.78. The van der Waals surface area contributed by atoms with Gasteiger partial charge in [-0.3, -0.25) is 0 Å². The zero-order valence-electron chi connectivity index (χ0n) is 6.77. The van der Waals surface area contributed by atoms with Crippen LogP contribution in [0.15, 0.2) is 6.07 Å². The van der Waals surface area contributed by atoms with Crippen LogP contribution in [0, 0.1) is 0 Å². The van der Waals surface area contributed by atoms with Crippen molar-refractivity contribution in [2.75, 3.05) is 13.9 Å². The lowest BCUT2D eigenvalue weighted by Gasteiger charge is -2.07. The normalized spacial score (nSPS) is 13.2. The molecule has 13 heavy (non-hydrogen) atoms. The lowest BCUT2D eigenvalue weighted by atomic mass is 10.3. The van der Waals surface area contributed by atoms with Gasteiger partial charge in [-0.25, -0.2) is 0 Å². The summed E-state index contributed by atoms with van der Waals surface area (Å²) in [5.41, 5.74) is 0. The average molecular weight is 221 g/mol. The molecular weight excluding hydrogens is 215 g/mol. The van der Waals surface area contributed by atoms with Crippen LogP contribution in [0.2, 0.25) is 10.0 Å². The van der Waals surface area contributed by atoms with Gasteiger partial charge < -0.3 is 14.2 Å². The Morgan fingerprint density at radius 1 is 1.38 bits per heavy atom. The highest BCUT2D eigenvalue weighted by atomic mass is 35.5. The minimum atomic E-state index is 0.169. The van der Waals surface area contributed by atoms with E-state index >= 15 is 0 Å². The topological polar surface area (TPSA) is 27.7 Å². The van der Waals surface area contributed by atoms with E-state index in [9.17, 15) is 0 Å². The Morgan fingerprint density at radius 3 is 2.85 bits per heavy atom. The Balaban J connectivity index is 2.64. The van der Waals surface area contributed by atoms with Crippen LogP contribution in [0.5, 0.6) is 17.2 Å². The van der Waals surface area contributed by atoms with E-state index in [2.05, 4.69) is 0 Å². The van der Waals surface area contributed by atoms with Crippen LogP contribution in [0.25, 0.3) is 0 Å². The van der Waals surface area contributed by atoms with Crippen molar-refractivity contribution in [2.24, 2.45) is 0 Å². The summed E-state index contributed by atoms with van der Waals surface area (Å²) in [5, 5.41) is 0.733. The number of methoxy groups -OCH3 is 1. The molecule has 0 N–H and O–H groups in total. The SMILES string of the molecule is COc1c(Cl)c(Cl)cc2c1OCO2. The molecule has 1 aliphatic rings. The molecule has 0 spiro atoms. The van der Waals surface area contributed by atoms with Crippen molar-refractivity contribution < 1.29 is 14.2 Å². The smallest absolute Gasteiger partial charge is 0.231 e. The third kappa shape index (κ3) is 1.28. The summed E-state index contributed by atoms with van der Waals surface area (Å²) in [7, 11) is 1.50. The lowest BCUT2D eigenvalue weighted by molar-refractivity contribution is 0.171. The number of fused-ring (bicyclic) bond motifs is 1. The van der Waals surface area contributed by atoms with Gasteiger partial charge in [-0.05, 0) is 0 Å². The van der Waals surface area contributed by atoms with Gasteiger partial charge in [0.05, 0.1) is 12.1 Å². The fourth-order valence-electron chi connectivity index (χ4n) is 1.14. The van der Waals surface area contributed by atoms with E-state index in [-0.39, 0.29) is 6.79 Å². The number of hydrogen-bond donors (Lipinski definition) is 0. The van der Waals surface area contributed by atoms with Gasteiger partial charge >= 0.3 is 0 Å². The highest BCUT2D eigenvalue weighted by Crippen LogP contribution is 2.48. The molecule has 1 aromatic rings. The van der Waals surface area contributed by atoms with E-state index in [0.29, 0.717) is 27.3 Å². The van der Waals surface area contributed by atoms with Gasteiger partial charge in [0, 0.05) is 6.07 Å². The van der Waals surface area contributed by atoms with E-state index in [4.69, 9.17) is 37.4 Å². The minimum absolute atomic E-state index is 0.169. The van der Waals surface area contributed by atoms with Gasteiger partial charge in [0.2, 0.25) is 12.5 Å². The van der Waals surface area contributed by atoms with Gasteiger partial charge in [-0.1, -0.05) is 23.2 Å². The van der Waals surface area contributed by atoms with Crippen molar-refractivity contribution in [3.05, 3.63) is 16.1 Å². The predicted molar refractivity (Wildman–Crippen MR) is 49.1 cm³/mol. The molecule has 0 amide bonds. The van der Waals surface area contributed by atoms with Crippen LogP contribution in [0.3, 0.4) is 0 Å². The third-order valence-corrected chi connectivity index (χ3v) is 2.49. The van der Waals surface area contributed by atoms with Crippen molar-refractivity contribution in [1.29, 1.82) is 0 Å². The second kappa shape index (κ2) is 3.16. The summed E-state index contributed by atoms with van der Waals surface area (Å²) in [4.78, 5) is 0. The number of hydrogen-bond acceptors (Lipinski definition) is 3. The molecule has 0 radical (unpaired) electrons. The quantitative estimate of drug-likeness (QED) is 0.729. The van der Waals surface area contributed by atoms with Gasteiger partial charge in [-0.2, -0.15) is 0 Å². The monoisotopic (exact) mass is 220 g/mol. The van der Waals surface area contributed by atoms with E-state index < -0.39 is 0 Å². The first-order valence-corrected chi connectivity index (χ1v) is 4.31. The number of rotatable bonds is 1. The molecule has 1 aliphatic heterocycles. The van der Waals surface area contributed by atoms with E-state index in [0.717, 1.165) is 0 Å². The molecule has 0 aromatic heterocycles. The van der Waals surface area contributed by atoms with Crippen LogP contribution in [0.4, 0.5) is 0 Å². The van der Waals surface area contributed by atoms with E-state index in [1.807, 2.05) is 0 Å². The van der Waals surface area contributed by atoms with Crippen LogP contribution in [0.1, 0.15) is 0 Å². The first-order chi connectivity index (χ1) is 6.24. The number of halogens is 2. The fraction of sp³-hybridized carbons (Fsp3) is 0.250. The van der Waals surface area contributed by atoms with Crippen LogP contribution < -0.4 is 14.2 Å². The maximum Gasteiger partial charge on any atom is 0.231 e. The standard InChI is InChI=1S/C8H6Cl2O3/c1-11-8-6(10)4(9)2-5-7(8)13-3-12-5/h2H,3H2,1H3. The molecule has 70 valence electrons. The molecule has 1 aromatic carbocycles. The van der Waals surface area contributed by atoms with Gasteiger partial charge in [0.15, 0.2) is 11.5 Å². The molecule has 0 unspecified atom stereocenters. The van der Waals surface area contributed by atoms with Crippen molar-refractivity contribution in [3.63, 3.8) is 0 Å². The van der Waals surface area contributed by atoms with Gasteiger partial charge in [0.25, 0.3) is 0 Å². The van der Waals surface area contributed by atoms with E-state index in [1.54, 1.807) is 6.07 Å². The minimum Gasteiger partial charge on any atom is -0.491 e. The summed E-state index contributed by atoms with van der Waals surface area (Å²) in [6.45, 7) is 0.169. The molecule has 0 saturated carbocycles. The van der Waals surface area contributed by atoms with Gasteiger partial charge in [0.1, 0.15) is 5.02 Å². The summed E-state index contributed by atoms with van der Waals surface area (Å²) in [5.74, 6) is 1.49. The number of benzene rings is 1. The highest BCUT2D eigenvalue weighted by molar-refractivity contribution is 6.43. The Kier molecular flexibility index (Phi) is 2.14. The Hall–Kier alpha value is -0.800. The lowest BCUT2D eigenvalue weighted by Crippen LogP contribution is -1.94. The Bertz CT molecular complexity index is 352. The fourth-order valence-corrected chi connectivity index (χ4v) is 1.54. The molecule has 2 rings (SSSR count). The first-order valence-electron chi connectivity index (χ1n) is 3.55. The Morgan fingerprint density at radius 2 is 2.15 bits per heavy atom. The summed E-state index contributed by atoms with van der Waals surface area (Å²) < 4.78 is 15.3. The molecular formula is C8H6Cl2O3. The van der Waals surface area contributed by atoms with E-state index in [1.165, 1.54) is 7.11 Å². The van der Waals surface area contributed by atoms with Crippen molar-refractivity contribution in [1.82, 2.24) is 0 Å². The third-order valence-electron chi connectivity index (χ3n) is 1.72. The molecule has 0 fully saturated rings. The Labute approximate surface area is 85.1 Å². The van der Waals surface area contributed by atoms with Crippen molar-refractivity contribution >= 4 is 23.2 Å². The zero-order chi connectivity index (χ0) is 9.42. The highest BCUT2D eigenvalue weighted by Gasteiger charge is 2.23. The second-order valence-electron chi connectivity index (χ2n) is 2.44. The summed E-state index contributed by atoms with van der Waals surface area (Å²) in [6.07, 6.45) is 0. The molecule has 5 heteroatoms. The molecule has 3 nitrogen and oxygen atoms in total. The van der Waals surface area contributed by atoms with Gasteiger partial charge in [-0.15, -0.1) is 0 Å². The second-order valence-corrected chi connectivity index (χ2v) is 3.22. The molecule has 0 saturated heterocycles. The summed E-state index contributed by atoms with van der Waals surface area (Å²) in [6, 6.07) is 1.61. The maximum atomic E-state index is 5.88. The summed E-state index contributed by atoms with van der Waals surface area (Å²) >= 11 is 11.7. The van der Waals surface area contributed by atoms with Crippen LogP contribution in [-0.4, -0.2) is 13.9 Å². The molecule has 0 atom stereocenters.